The first-order valence-corrected chi connectivity index (χ1v) is 23.1. The Kier molecular flexibility index (Phi) is 9.11. The van der Waals surface area contributed by atoms with E-state index in [4.69, 9.17) is 4.42 Å². The van der Waals surface area contributed by atoms with E-state index in [-0.39, 0.29) is 0 Å². The normalized spacial score (nSPS) is 12.6. The van der Waals surface area contributed by atoms with Crippen LogP contribution in [-0.4, -0.2) is 0 Å². The number of benzene rings is 11. The van der Waals surface area contributed by atoms with Gasteiger partial charge in [0.15, 0.2) is 0 Å². The highest BCUT2D eigenvalue weighted by Crippen LogP contribution is 2.60. The molecule has 0 fully saturated rings. The fraction of sp³-hybridized carbons (Fsp3) is 0.0154. The molecular weight excluding hydrogens is 811 g/mol. The zero-order valence-electron chi connectivity index (χ0n) is 36.7. The molecule has 314 valence electrons. The van der Waals surface area contributed by atoms with Crippen molar-refractivity contribution in [3.8, 4) is 44.5 Å². The van der Waals surface area contributed by atoms with Crippen LogP contribution >= 0.6 is 0 Å². The third-order valence-corrected chi connectivity index (χ3v) is 13.9. The molecule has 1 aromatic heterocycles. The van der Waals surface area contributed by atoms with E-state index in [2.05, 4.69) is 260 Å². The Bertz CT molecular complexity index is 3770. The molecule has 0 amide bonds. The van der Waals surface area contributed by atoms with Gasteiger partial charge in [0.2, 0.25) is 0 Å². The lowest BCUT2D eigenvalue weighted by Gasteiger charge is -2.35. The van der Waals surface area contributed by atoms with Gasteiger partial charge in [-0.05, 0) is 97.2 Å². The zero-order chi connectivity index (χ0) is 44.3. The SMILES string of the molecule is c1ccc(-c2ccc(-c3ccc4ccccc4c3)cc2N(c2cccc(-c3cccc4c3oc3ccccc34)c2)c2cccc3c2-c2ccccc2C3(c2ccccc2)c2ccccc2)cc1. The second-order valence-corrected chi connectivity index (χ2v) is 17.6. The van der Waals surface area contributed by atoms with Crippen LogP contribution in [0.15, 0.2) is 265 Å². The van der Waals surface area contributed by atoms with Gasteiger partial charge in [0.05, 0.1) is 16.8 Å². The van der Waals surface area contributed by atoms with Gasteiger partial charge in [-0.25, -0.2) is 0 Å². The summed E-state index contributed by atoms with van der Waals surface area (Å²) in [7, 11) is 0. The summed E-state index contributed by atoms with van der Waals surface area (Å²) < 4.78 is 6.67. The Morgan fingerprint density at radius 1 is 0.328 bits per heavy atom. The van der Waals surface area contributed by atoms with Crippen LogP contribution in [0.5, 0.6) is 0 Å². The van der Waals surface area contributed by atoms with E-state index in [1.54, 1.807) is 0 Å². The number of fused-ring (bicyclic) bond motifs is 7. The Morgan fingerprint density at radius 3 is 1.75 bits per heavy atom. The van der Waals surface area contributed by atoms with Crippen molar-refractivity contribution < 1.29 is 4.42 Å². The molecule has 13 rings (SSSR count). The summed E-state index contributed by atoms with van der Waals surface area (Å²) in [5.74, 6) is 0. The van der Waals surface area contributed by atoms with Crippen molar-refractivity contribution in [1.82, 2.24) is 0 Å². The summed E-state index contributed by atoms with van der Waals surface area (Å²) in [5, 5.41) is 4.67. The van der Waals surface area contributed by atoms with Crippen LogP contribution in [0.3, 0.4) is 0 Å². The molecule has 0 saturated heterocycles. The van der Waals surface area contributed by atoms with Crippen LogP contribution in [0.25, 0.3) is 77.2 Å². The van der Waals surface area contributed by atoms with Crippen molar-refractivity contribution in [3.63, 3.8) is 0 Å². The molecule has 1 aliphatic rings. The number of hydrogen-bond acceptors (Lipinski definition) is 2. The molecule has 12 aromatic rings. The minimum absolute atomic E-state index is 0.565. The molecule has 0 unspecified atom stereocenters. The van der Waals surface area contributed by atoms with E-state index < -0.39 is 5.41 Å². The molecule has 0 spiro atoms. The second kappa shape index (κ2) is 15.8. The van der Waals surface area contributed by atoms with E-state index in [1.807, 2.05) is 6.07 Å². The molecule has 0 radical (unpaired) electrons. The first-order valence-electron chi connectivity index (χ1n) is 23.1. The monoisotopic (exact) mass is 853 g/mol. The molecule has 0 atom stereocenters. The van der Waals surface area contributed by atoms with Crippen LogP contribution in [0, 0.1) is 0 Å². The molecule has 0 N–H and O–H groups in total. The fourth-order valence-electron chi connectivity index (χ4n) is 11.0. The molecule has 2 heteroatoms. The summed E-state index contributed by atoms with van der Waals surface area (Å²) in [4.78, 5) is 2.52. The van der Waals surface area contributed by atoms with Gasteiger partial charge in [0.25, 0.3) is 0 Å². The van der Waals surface area contributed by atoms with Crippen molar-refractivity contribution in [2.75, 3.05) is 4.90 Å². The minimum Gasteiger partial charge on any atom is -0.455 e. The summed E-state index contributed by atoms with van der Waals surface area (Å²) in [6.45, 7) is 0. The third kappa shape index (κ3) is 6.18. The van der Waals surface area contributed by atoms with E-state index in [0.717, 1.165) is 66.8 Å². The van der Waals surface area contributed by atoms with Gasteiger partial charge in [-0.15, -0.1) is 0 Å². The average Bonchev–Trinajstić information content (AvgIpc) is 3.94. The Balaban J connectivity index is 1.12. The average molecular weight is 854 g/mol. The number of furan rings is 1. The van der Waals surface area contributed by atoms with Gasteiger partial charge in [-0.3, -0.25) is 0 Å². The lowest BCUT2D eigenvalue weighted by atomic mass is 9.68. The standard InChI is InChI=1S/C65H43NO/c1-4-20-45(21-5-1)53-40-39-48(47-38-37-44-19-10-11-22-46(44)41-47)43-61(53)66(52-28-16-23-49(42-52)54-31-17-32-56-55-29-13-15-36-62(55)67-64(54)56)60-35-18-34-59-63(60)57-30-12-14-33-58(57)65(59,50-24-6-2-7-25-50)51-26-8-3-9-27-51/h1-43H. The van der Waals surface area contributed by atoms with Crippen LogP contribution in [0.2, 0.25) is 0 Å². The third-order valence-electron chi connectivity index (χ3n) is 13.9. The minimum atomic E-state index is -0.565. The van der Waals surface area contributed by atoms with Crippen LogP contribution in [-0.2, 0) is 5.41 Å². The molecule has 0 aliphatic heterocycles. The molecular formula is C65H43NO. The Labute approximate surface area is 390 Å². The topological polar surface area (TPSA) is 16.4 Å². The maximum Gasteiger partial charge on any atom is 0.143 e. The summed E-state index contributed by atoms with van der Waals surface area (Å²) in [6.07, 6.45) is 0. The van der Waals surface area contributed by atoms with Gasteiger partial charge >= 0.3 is 0 Å². The smallest absolute Gasteiger partial charge is 0.143 e. The summed E-state index contributed by atoms with van der Waals surface area (Å²) in [5.41, 5.74) is 18.6. The van der Waals surface area contributed by atoms with Gasteiger partial charge in [-0.1, -0.05) is 224 Å². The molecule has 67 heavy (non-hydrogen) atoms. The van der Waals surface area contributed by atoms with Crippen molar-refractivity contribution >= 4 is 49.8 Å². The number of anilines is 3. The molecule has 1 aliphatic carbocycles. The van der Waals surface area contributed by atoms with Gasteiger partial charge in [-0.2, -0.15) is 0 Å². The maximum atomic E-state index is 6.67. The molecule has 1 heterocycles. The largest absolute Gasteiger partial charge is 0.455 e. The van der Waals surface area contributed by atoms with Crippen molar-refractivity contribution in [3.05, 3.63) is 283 Å². The highest BCUT2D eigenvalue weighted by atomic mass is 16.3. The molecule has 0 saturated carbocycles. The zero-order valence-corrected chi connectivity index (χ0v) is 36.7. The van der Waals surface area contributed by atoms with Gasteiger partial charge in [0.1, 0.15) is 11.2 Å². The molecule has 11 aromatic carbocycles. The first kappa shape index (κ1) is 38.7. The predicted molar refractivity (Wildman–Crippen MR) is 280 cm³/mol. The quantitative estimate of drug-likeness (QED) is 0.151. The molecule has 0 bridgehead atoms. The summed E-state index contributed by atoms with van der Waals surface area (Å²) in [6, 6.07) is 95.3. The van der Waals surface area contributed by atoms with E-state index >= 15 is 0 Å². The number of nitrogens with zero attached hydrogens (tertiary/aromatic N) is 1. The summed E-state index contributed by atoms with van der Waals surface area (Å²) >= 11 is 0. The Hall–Kier alpha value is -8.72. The predicted octanol–water partition coefficient (Wildman–Crippen LogP) is 17.6. The first-order chi connectivity index (χ1) is 33.2. The fourth-order valence-corrected chi connectivity index (χ4v) is 11.0. The highest BCUT2D eigenvalue weighted by Gasteiger charge is 2.47. The van der Waals surface area contributed by atoms with Crippen molar-refractivity contribution in [2.45, 2.75) is 5.41 Å². The lowest BCUT2D eigenvalue weighted by Crippen LogP contribution is -2.28. The van der Waals surface area contributed by atoms with Gasteiger partial charge in [0, 0.05) is 33.2 Å². The maximum absolute atomic E-state index is 6.67. The van der Waals surface area contributed by atoms with Crippen molar-refractivity contribution in [2.24, 2.45) is 0 Å². The Morgan fingerprint density at radius 2 is 0.925 bits per heavy atom. The highest BCUT2D eigenvalue weighted by molar-refractivity contribution is 6.10. The lowest BCUT2D eigenvalue weighted by molar-refractivity contribution is 0.670. The van der Waals surface area contributed by atoms with Crippen LogP contribution in [0.1, 0.15) is 22.3 Å². The second-order valence-electron chi connectivity index (χ2n) is 17.6. The van der Waals surface area contributed by atoms with Crippen LogP contribution in [0.4, 0.5) is 17.1 Å². The van der Waals surface area contributed by atoms with E-state index in [0.29, 0.717) is 0 Å². The number of hydrogen-bond donors (Lipinski definition) is 0. The number of para-hydroxylation sites is 2. The van der Waals surface area contributed by atoms with Gasteiger partial charge < -0.3 is 9.32 Å². The molecule has 2 nitrogen and oxygen atoms in total. The number of rotatable bonds is 8. The van der Waals surface area contributed by atoms with E-state index in [9.17, 15) is 0 Å². The van der Waals surface area contributed by atoms with E-state index in [1.165, 1.54) is 49.7 Å². The van der Waals surface area contributed by atoms with Crippen LogP contribution < -0.4 is 4.90 Å². The van der Waals surface area contributed by atoms with Crippen molar-refractivity contribution in [1.29, 1.82) is 0 Å².